The molecule has 0 aliphatic carbocycles. The number of hydrogen-bond acceptors (Lipinski definition) is 2. The summed E-state index contributed by atoms with van der Waals surface area (Å²) in [5.41, 5.74) is 0. The van der Waals surface area contributed by atoms with E-state index in [1.54, 1.807) is 18.8 Å². The SMILES string of the molecule is CN(C[B-](F)(F)F)C1CCSC1.[K+]. The summed E-state index contributed by atoms with van der Waals surface area (Å²) in [7, 11) is 1.56. The Morgan fingerprint density at radius 2 is 2.08 bits per heavy atom. The fraction of sp³-hybridized carbons (Fsp3) is 1.00. The number of nitrogens with zero attached hydrogens (tertiary/aromatic N) is 1. The van der Waals surface area contributed by atoms with Crippen LogP contribution in [-0.4, -0.2) is 42.9 Å². The number of hydrogen-bond donors (Lipinski definition) is 0. The van der Waals surface area contributed by atoms with Gasteiger partial charge < -0.3 is 17.8 Å². The Balaban J connectivity index is 0.00000144. The van der Waals surface area contributed by atoms with Gasteiger partial charge in [0.15, 0.2) is 0 Å². The second-order valence-electron chi connectivity index (χ2n) is 3.17. The Hall–Kier alpha value is 1.80. The van der Waals surface area contributed by atoms with Crippen LogP contribution in [0.25, 0.3) is 0 Å². The van der Waals surface area contributed by atoms with Crippen LogP contribution in [0, 0.1) is 0 Å². The molecule has 1 fully saturated rings. The molecule has 0 aromatic heterocycles. The van der Waals surface area contributed by atoms with Gasteiger partial charge in [-0.15, -0.1) is 0 Å². The van der Waals surface area contributed by atoms with Crippen LogP contribution >= 0.6 is 11.8 Å². The van der Waals surface area contributed by atoms with Crippen molar-refractivity contribution in [3.63, 3.8) is 0 Å². The second kappa shape index (κ2) is 6.40. The van der Waals surface area contributed by atoms with E-state index in [1.807, 2.05) is 0 Å². The van der Waals surface area contributed by atoms with Crippen LogP contribution in [0.3, 0.4) is 0 Å². The Morgan fingerprint density at radius 3 is 2.46 bits per heavy atom. The van der Waals surface area contributed by atoms with Gasteiger partial charge in [-0.1, -0.05) is 0 Å². The number of halogens is 3. The summed E-state index contributed by atoms with van der Waals surface area (Å²) in [5.74, 6) is 1.85. The molecule has 1 nitrogen and oxygen atoms in total. The smallest absolute Gasteiger partial charge is 0.448 e. The van der Waals surface area contributed by atoms with Gasteiger partial charge in [-0.2, -0.15) is 11.8 Å². The quantitative estimate of drug-likeness (QED) is 0.568. The molecule has 72 valence electrons. The zero-order valence-electron chi connectivity index (χ0n) is 7.97. The van der Waals surface area contributed by atoms with E-state index in [-0.39, 0.29) is 57.4 Å². The van der Waals surface area contributed by atoms with Gasteiger partial charge in [-0.3, -0.25) is 0 Å². The molecule has 0 amide bonds. The van der Waals surface area contributed by atoms with E-state index in [0.29, 0.717) is 0 Å². The predicted molar refractivity (Wildman–Crippen MR) is 47.4 cm³/mol. The normalized spacial score (nSPS) is 23.3. The summed E-state index contributed by atoms with van der Waals surface area (Å²) in [6.45, 7) is -4.65. The van der Waals surface area contributed by atoms with E-state index in [9.17, 15) is 12.9 Å². The maximum Gasteiger partial charge on any atom is 1.00 e. The minimum absolute atomic E-state index is 0. The monoisotopic (exact) mass is 237 g/mol. The first-order valence-electron chi connectivity index (χ1n) is 3.98. The Labute approximate surface area is 124 Å². The van der Waals surface area contributed by atoms with Gasteiger partial charge >= 0.3 is 58.4 Å². The Bertz CT molecular complexity index is 151. The summed E-state index contributed by atoms with van der Waals surface area (Å²) >= 11 is 1.73. The third-order valence-electron chi connectivity index (χ3n) is 2.02. The van der Waals surface area contributed by atoms with Crippen LogP contribution < -0.4 is 51.4 Å². The van der Waals surface area contributed by atoms with Crippen LogP contribution in [0.1, 0.15) is 6.42 Å². The molecule has 13 heavy (non-hydrogen) atoms. The average molecular weight is 237 g/mol. The molecule has 0 N–H and O–H groups in total. The van der Waals surface area contributed by atoms with Crippen LogP contribution in [0.5, 0.6) is 0 Å². The molecule has 7 heteroatoms. The molecule has 1 aliphatic rings. The minimum Gasteiger partial charge on any atom is -0.448 e. The largest absolute Gasteiger partial charge is 1.00 e. The van der Waals surface area contributed by atoms with E-state index >= 15 is 0 Å². The van der Waals surface area contributed by atoms with Crippen molar-refractivity contribution in [2.45, 2.75) is 12.5 Å². The zero-order chi connectivity index (χ0) is 9.19. The number of thioether (sulfide) groups is 1. The van der Waals surface area contributed by atoms with Crippen LogP contribution in [0.2, 0.25) is 0 Å². The Morgan fingerprint density at radius 1 is 1.46 bits per heavy atom. The van der Waals surface area contributed by atoms with E-state index in [4.69, 9.17) is 0 Å². The first-order valence-corrected chi connectivity index (χ1v) is 5.13. The fourth-order valence-corrected chi connectivity index (χ4v) is 2.64. The van der Waals surface area contributed by atoms with Crippen molar-refractivity contribution in [3.05, 3.63) is 0 Å². The van der Waals surface area contributed by atoms with Gasteiger partial charge in [-0.05, 0) is 25.7 Å². The van der Waals surface area contributed by atoms with Gasteiger partial charge in [0.25, 0.3) is 0 Å². The van der Waals surface area contributed by atoms with Crippen molar-refractivity contribution in [1.29, 1.82) is 0 Å². The molecule has 1 rings (SSSR count). The van der Waals surface area contributed by atoms with Crippen LogP contribution in [-0.2, 0) is 0 Å². The fourth-order valence-electron chi connectivity index (χ4n) is 1.35. The summed E-state index contributed by atoms with van der Waals surface area (Å²) in [6, 6.07) is 0.137. The summed E-state index contributed by atoms with van der Waals surface area (Å²) < 4.78 is 35.9. The van der Waals surface area contributed by atoms with Crippen molar-refractivity contribution < 1.29 is 64.3 Å². The predicted octanol–water partition coefficient (Wildman–Crippen LogP) is -1.19. The van der Waals surface area contributed by atoms with E-state index in [0.717, 1.165) is 17.9 Å². The molecule has 0 radical (unpaired) electrons. The third kappa shape index (κ3) is 6.07. The van der Waals surface area contributed by atoms with Crippen molar-refractivity contribution >= 4 is 18.7 Å². The van der Waals surface area contributed by atoms with Gasteiger partial charge in [-0.25, -0.2) is 0 Å². The van der Waals surface area contributed by atoms with Gasteiger partial charge in [0.1, 0.15) is 0 Å². The molecule has 1 saturated heterocycles. The van der Waals surface area contributed by atoms with E-state index in [1.165, 1.54) is 4.90 Å². The van der Waals surface area contributed by atoms with Gasteiger partial charge in [0, 0.05) is 11.8 Å². The maximum atomic E-state index is 12.0. The van der Waals surface area contributed by atoms with E-state index in [2.05, 4.69) is 0 Å². The molecule has 0 bridgehead atoms. The van der Waals surface area contributed by atoms with Crippen molar-refractivity contribution in [1.82, 2.24) is 4.90 Å². The second-order valence-corrected chi connectivity index (χ2v) is 4.32. The average Bonchev–Trinajstić information content (AvgIpc) is 2.32. The topological polar surface area (TPSA) is 3.24 Å². The van der Waals surface area contributed by atoms with Crippen molar-refractivity contribution in [2.75, 3.05) is 25.0 Å². The molecule has 1 heterocycles. The first-order chi connectivity index (χ1) is 5.49. The van der Waals surface area contributed by atoms with Crippen molar-refractivity contribution in [2.24, 2.45) is 0 Å². The van der Waals surface area contributed by atoms with Gasteiger partial charge in [0.2, 0.25) is 0 Å². The molecule has 1 aliphatic heterocycles. The maximum absolute atomic E-state index is 12.0. The van der Waals surface area contributed by atoms with Gasteiger partial charge in [0.05, 0.1) is 0 Å². The summed E-state index contributed by atoms with van der Waals surface area (Å²) in [5, 5.41) is 0. The third-order valence-corrected chi connectivity index (χ3v) is 3.17. The standard InChI is InChI=1S/C6H12BF3NS.K/c1-11(5-7(8,9)10)6-2-3-12-4-6;/h6H,2-5H2,1H3;/q-1;+1. The Kier molecular flexibility index (Phi) is 7.28. The summed E-state index contributed by atoms with van der Waals surface area (Å²) in [4.78, 5) is 1.43. The molecule has 0 spiro atoms. The molecular weight excluding hydrogens is 225 g/mol. The minimum atomic E-state index is -4.65. The zero-order valence-corrected chi connectivity index (χ0v) is 11.9. The molecule has 1 unspecified atom stereocenters. The first kappa shape index (κ1) is 14.8. The molecular formula is C6H12BF3KNS. The number of rotatable bonds is 3. The van der Waals surface area contributed by atoms with Crippen LogP contribution in [0.4, 0.5) is 12.9 Å². The molecule has 1 atom stereocenters. The summed E-state index contributed by atoms with van der Waals surface area (Å²) in [6.07, 6.45) is 0.179. The van der Waals surface area contributed by atoms with E-state index < -0.39 is 13.4 Å². The molecule has 0 aromatic rings. The molecule has 0 saturated carbocycles. The van der Waals surface area contributed by atoms with Crippen LogP contribution in [0.15, 0.2) is 0 Å². The molecule has 0 aromatic carbocycles. The van der Waals surface area contributed by atoms with Crippen molar-refractivity contribution in [3.8, 4) is 0 Å².